The van der Waals surface area contributed by atoms with Gasteiger partial charge in [0, 0.05) is 24.3 Å². The van der Waals surface area contributed by atoms with Crippen LogP contribution in [-0.2, 0) is 7.05 Å². The molecule has 6 nitrogen and oxygen atoms in total. The van der Waals surface area contributed by atoms with E-state index in [4.69, 9.17) is 4.74 Å². The lowest BCUT2D eigenvalue weighted by Gasteiger charge is -2.20. The molecule has 7 heteroatoms. The molecule has 0 aliphatic heterocycles. The van der Waals surface area contributed by atoms with E-state index in [9.17, 15) is 0 Å². The highest BCUT2D eigenvalue weighted by molar-refractivity contribution is 7.21. The minimum atomic E-state index is -0.177. The molecular weight excluding hydrogens is 406 g/mol. The van der Waals surface area contributed by atoms with Gasteiger partial charge in [-0.2, -0.15) is 0 Å². The lowest BCUT2D eigenvalue weighted by Crippen LogP contribution is -2.17. The molecule has 1 N–H and O–H groups in total. The van der Waals surface area contributed by atoms with Crippen molar-refractivity contribution < 1.29 is 4.74 Å². The third-order valence-electron chi connectivity index (χ3n) is 5.23. The summed E-state index contributed by atoms with van der Waals surface area (Å²) in [4.78, 5) is 15.8. The Kier molecular flexibility index (Phi) is 5.09. The fraction of sp³-hybridized carbons (Fsp3) is 0.125. The van der Waals surface area contributed by atoms with Gasteiger partial charge in [0.05, 0.1) is 12.5 Å². The molecule has 3 heterocycles. The molecule has 0 saturated heterocycles. The Balaban J connectivity index is 1.57. The zero-order valence-corrected chi connectivity index (χ0v) is 18.0. The molecule has 0 spiro atoms. The highest BCUT2D eigenvalue weighted by Gasteiger charge is 2.21. The van der Waals surface area contributed by atoms with Crippen molar-refractivity contribution in [2.45, 2.75) is 6.04 Å². The van der Waals surface area contributed by atoms with Crippen molar-refractivity contribution in [2.24, 2.45) is 7.05 Å². The predicted molar refractivity (Wildman–Crippen MR) is 125 cm³/mol. The number of ether oxygens (including phenoxy) is 1. The zero-order chi connectivity index (χ0) is 21.2. The summed E-state index contributed by atoms with van der Waals surface area (Å²) in [6.07, 6.45) is 5.36. The molecule has 31 heavy (non-hydrogen) atoms. The number of aryl methyl sites for hydroxylation is 1. The van der Waals surface area contributed by atoms with Gasteiger partial charge in [-0.25, -0.2) is 15.0 Å². The van der Waals surface area contributed by atoms with Gasteiger partial charge in [-0.3, -0.25) is 0 Å². The van der Waals surface area contributed by atoms with Gasteiger partial charge in [0.2, 0.25) is 0 Å². The first-order chi connectivity index (χ1) is 15.2. The lowest BCUT2D eigenvalue weighted by molar-refractivity contribution is 0.414. The topological polar surface area (TPSA) is 64.9 Å². The van der Waals surface area contributed by atoms with E-state index in [1.807, 2.05) is 60.3 Å². The monoisotopic (exact) mass is 427 g/mol. The summed E-state index contributed by atoms with van der Waals surface area (Å²) >= 11 is 1.66. The summed E-state index contributed by atoms with van der Waals surface area (Å²) in [6.45, 7) is 0. The van der Waals surface area contributed by atoms with Crippen LogP contribution in [0, 0.1) is 0 Å². The summed E-state index contributed by atoms with van der Waals surface area (Å²) in [7, 11) is 3.66. The number of benzene rings is 2. The van der Waals surface area contributed by atoms with E-state index >= 15 is 0 Å². The number of nitrogens with zero attached hydrogens (tertiary/aromatic N) is 4. The minimum Gasteiger partial charge on any atom is -0.497 e. The van der Waals surface area contributed by atoms with Crippen LogP contribution in [0.25, 0.3) is 20.7 Å². The van der Waals surface area contributed by atoms with Gasteiger partial charge in [0.1, 0.15) is 34.6 Å². The molecule has 0 aliphatic rings. The Bertz CT molecular complexity index is 1310. The van der Waals surface area contributed by atoms with Crippen LogP contribution in [0.3, 0.4) is 0 Å². The number of hydrogen-bond acceptors (Lipinski definition) is 6. The molecule has 5 aromatic rings. The Morgan fingerprint density at radius 1 is 1.00 bits per heavy atom. The fourth-order valence-corrected chi connectivity index (χ4v) is 4.61. The average Bonchev–Trinajstić information content (AvgIpc) is 3.45. The smallest absolute Gasteiger partial charge is 0.139 e. The molecule has 0 bridgehead atoms. The van der Waals surface area contributed by atoms with Gasteiger partial charge in [-0.05, 0) is 29.3 Å². The fourth-order valence-electron chi connectivity index (χ4n) is 3.60. The third kappa shape index (κ3) is 3.75. The van der Waals surface area contributed by atoms with Crippen molar-refractivity contribution in [1.29, 1.82) is 0 Å². The number of fused-ring (bicyclic) bond motifs is 1. The number of anilines is 1. The van der Waals surface area contributed by atoms with Crippen LogP contribution in [0.15, 0.2) is 79.4 Å². The summed E-state index contributed by atoms with van der Waals surface area (Å²) in [5.74, 6) is 2.50. The molecule has 0 radical (unpaired) electrons. The van der Waals surface area contributed by atoms with Gasteiger partial charge in [0.15, 0.2) is 0 Å². The second-order valence-corrected chi connectivity index (χ2v) is 8.20. The van der Waals surface area contributed by atoms with Crippen molar-refractivity contribution in [1.82, 2.24) is 19.5 Å². The number of methoxy groups -OCH3 is 1. The molecule has 1 unspecified atom stereocenters. The zero-order valence-electron chi connectivity index (χ0n) is 17.2. The largest absolute Gasteiger partial charge is 0.497 e. The summed E-state index contributed by atoms with van der Waals surface area (Å²) < 4.78 is 7.34. The molecule has 3 aromatic heterocycles. The van der Waals surface area contributed by atoms with Crippen LogP contribution in [0.2, 0.25) is 0 Å². The van der Waals surface area contributed by atoms with Crippen molar-refractivity contribution in [3.05, 3.63) is 90.8 Å². The predicted octanol–water partition coefficient (Wildman–Crippen LogP) is 5.30. The number of imidazole rings is 1. The van der Waals surface area contributed by atoms with E-state index in [1.54, 1.807) is 31.0 Å². The summed E-state index contributed by atoms with van der Waals surface area (Å²) in [6, 6.07) is 20.3. The van der Waals surface area contributed by atoms with E-state index < -0.39 is 0 Å². The van der Waals surface area contributed by atoms with Gasteiger partial charge < -0.3 is 14.6 Å². The lowest BCUT2D eigenvalue weighted by atomic mass is 10.1. The average molecular weight is 428 g/mol. The maximum atomic E-state index is 5.32. The maximum absolute atomic E-state index is 5.32. The Morgan fingerprint density at radius 2 is 1.81 bits per heavy atom. The number of rotatable bonds is 6. The molecule has 5 rings (SSSR count). The van der Waals surface area contributed by atoms with E-state index in [1.165, 1.54) is 5.56 Å². The highest BCUT2D eigenvalue weighted by Crippen LogP contribution is 2.36. The van der Waals surface area contributed by atoms with Crippen molar-refractivity contribution in [3.63, 3.8) is 0 Å². The van der Waals surface area contributed by atoms with Crippen molar-refractivity contribution >= 4 is 27.4 Å². The Morgan fingerprint density at radius 3 is 2.52 bits per heavy atom. The molecular formula is C24H21N5OS. The molecule has 0 saturated carbocycles. The first-order valence-electron chi connectivity index (χ1n) is 9.90. The first-order valence-corrected chi connectivity index (χ1v) is 10.7. The first kappa shape index (κ1) is 19.3. The molecule has 0 aliphatic carbocycles. The van der Waals surface area contributed by atoms with E-state index in [2.05, 4.69) is 38.5 Å². The van der Waals surface area contributed by atoms with Crippen LogP contribution in [-0.4, -0.2) is 26.6 Å². The number of hydrogen-bond donors (Lipinski definition) is 1. The summed E-state index contributed by atoms with van der Waals surface area (Å²) in [5, 5.41) is 4.61. The van der Waals surface area contributed by atoms with Crippen molar-refractivity contribution in [2.75, 3.05) is 12.4 Å². The number of aromatic nitrogens is 4. The van der Waals surface area contributed by atoms with Crippen molar-refractivity contribution in [3.8, 4) is 16.2 Å². The number of nitrogens with one attached hydrogen (secondary N) is 1. The standard InChI is InChI=1S/C24H21N5OS/c1-29-13-12-25-23(29)21(17-8-10-18(30-2)11-9-17)28-22-19-14-20(16-6-4-3-5-7-16)31-24(19)27-15-26-22/h3-15,21H,1-2H3,(H,26,27,28). The molecule has 1 atom stereocenters. The van der Waals surface area contributed by atoms with Gasteiger partial charge in [0.25, 0.3) is 0 Å². The molecule has 2 aromatic carbocycles. The minimum absolute atomic E-state index is 0.177. The summed E-state index contributed by atoms with van der Waals surface area (Å²) in [5.41, 5.74) is 2.24. The highest BCUT2D eigenvalue weighted by atomic mass is 32.1. The Labute approximate surface area is 184 Å². The second kappa shape index (κ2) is 8.20. The Hall–Kier alpha value is -3.71. The third-order valence-corrected chi connectivity index (χ3v) is 6.33. The molecule has 0 fully saturated rings. The quantitative estimate of drug-likeness (QED) is 0.398. The second-order valence-electron chi connectivity index (χ2n) is 7.16. The maximum Gasteiger partial charge on any atom is 0.139 e. The van der Waals surface area contributed by atoms with E-state index in [-0.39, 0.29) is 6.04 Å². The van der Waals surface area contributed by atoms with Crippen LogP contribution in [0.4, 0.5) is 5.82 Å². The normalized spacial score (nSPS) is 12.1. The van der Waals surface area contributed by atoms with Crippen LogP contribution in [0.1, 0.15) is 17.4 Å². The van der Waals surface area contributed by atoms with Gasteiger partial charge in [-0.1, -0.05) is 42.5 Å². The van der Waals surface area contributed by atoms with Crippen LogP contribution >= 0.6 is 11.3 Å². The van der Waals surface area contributed by atoms with Crippen LogP contribution < -0.4 is 10.1 Å². The number of thiophene rings is 1. The SMILES string of the molecule is COc1ccc(C(Nc2ncnc3sc(-c4ccccc4)cc23)c2nccn2C)cc1. The van der Waals surface area contributed by atoms with Crippen LogP contribution in [0.5, 0.6) is 5.75 Å². The van der Waals surface area contributed by atoms with Gasteiger partial charge in [-0.15, -0.1) is 11.3 Å². The van der Waals surface area contributed by atoms with Gasteiger partial charge >= 0.3 is 0 Å². The van der Waals surface area contributed by atoms with E-state index in [0.717, 1.165) is 38.0 Å². The van der Waals surface area contributed by atoms with E-state index in [0.29, 0.717) is 0 Å². The molecule has 154 valence electrons. The molecule has 0 amide bonds.